The van der Waals surface area contributed by atoms with Gasteiger partial charge in [0.15, 0.2) is 0 Å². The van der Waals surface area contributed by atoms with Gasteiger partial charge in [0.1, 0.15) is 4.21 Å². The maximum Gasteiger partial charge on any atom is 0.250 e. The number of sulfonamides is 1. The van der Waals surface area contributed by atoms with Gasteiger partial charge in [0.25, 0.3) is 0 Å². The van der Waals surface area contributed by atoms with E-state index in [0.717, 1.165) is 5.56 Å². The Morgan fingerprint density at radius 3 is 2.59 bits per heavy atom. The predicted octanol–water partition coefficient (Wildman–Crippen LogP) is 1.81. The number of hydrogen-bond acceptors (Lipinski definition) is 4. The summed E-state index contributed by atoms with van der Waals surface area (Å²) < 4.78 is 26.5. The van der Waals surface area contributed by atoms with Crippen LogP contribution in [0.2, 0.25) is 0 Å². The third-order valence-corrected chi connectivity index (χ3v) is 5.07. The Labute approximate surface area is 104 Å². The van der Waals surface area contributed by atoms with Gasteiger partial charge in [-0.2, -0.15) is 0 Å². The van der Waals surface area contributed by atoms with Gasteiger partial charge in [0.2, 0.25) is 10.0 Å². The highest BCUT2D eigenvalue weighted by Crippen LogP contribution is 2.17. The van der Waals surface area contributed by atoms with Crippen LogP contribution in [0.4, 0.5) is 5.69 Å². The normalized spacial score (nSPS) is 11.5. The fourth-order valence-electron chi connectivity index (χ4n) is 1.36. The van der Waals surface area contributed by atoms with Gasteiger partial charge < -0.3 is 5.73 Å². The van der Waals surface area contributed by atoms with Crippen molar-refractivity contribution in [2.24, 2.45) is 0 Å². The van der Waals surface area contributed by atoms with Crippen LogP contribution in [-0.2, 0) is 16.6 Å². The van der Waals surface area contributed by atoms with Crippen molar-refractivity contribution in [2.45, 2.75) is 10.8 Å². The number of anilines is 1. The molecule has 0 amide bonds. The van der Waals surface area contributed by atoms with Crippen LogP contribution in [0, 0.1) is 0 Å². The first-order chi connectivity index (χ1) is 8.09. The molecule has 0 aliphatic heterocycles. The smallest absolute Gasteiger partial charge is 0.250 e. The summed E-state index contributed by atoms with van der Waals surface area (Å²) in [4.78, 5) is 0. The molecule has 0 unspecified atom stereocenters. The number of para-hydroxylation sites is 1. The van der Waals surface area contributed by atoms with Crippen molar-refractivity contribution in [1.82, 2.24) is 4.72 Å². The summed E-state index contributed by atoms with van der Waals surface area (Å²) >= 11 is 1.19. The number of hydrogen-bond donors (Lipinski definition) is 2. The molecular formula is C11H12N2O2S2. The second-order valence-corrected chi connectivity index (χ2v) is 6.40. The highest BCUT2D eigenvalue weighted by atomic mass is 32.2. The predicted molar refractivity (Wildman–Crippen MR) is 69.2 cm³/mol. The van der Waals surface area contributed by atoms with Gasteiger partial charge in [-0.05, 0) is 23.1 Å². The first kappa shape index (κ1) is 12.1. The lowest BCUT2D eigenvalue weighted by Crippen LogP contribution is -2.22. The summed E-state index contributed by atoms with van der Waals surface area (Å²) in [5.74, 6) is 0. The molecule has 0 atom stereocenters. The van der Waals surface area contributed by atoms with Crippen molar-refractivity contribution in [2.75, 3.05) is 5.73 Å². The van der Waals surface area contributed by atoms with E-state index in [0.29, 0.717) is 9.90 Å². The van der Waals surface area contributed by atoms with Gasteiger partial charge in [0, 0.05) is 12.2 Å². The van der Waals surface area contributed by atoms with E-state index in [1.165, 1.54) is 11.3 Å². The maximum atomic E-state index is 11.8. The molecule has 0 aliphatic carbocycles. The molecule has 1 heterocycles. The average molecular weight is 268 g/mol. The Hall–Kier alpha value is -1.37. The van der Waals surface area contributed by atoms with E-state index < -0.39 is 10.0 Å². The van der Waals surface area contributed by atoms with Crippen molar-refractivity contribution in [1.29, 1.82) is 0 Å². The molecule has 0 fully saturated rings. The van der Waals surface area contributed by atoms with E-state index >= 15 is 0 Å². The van der Waals surface area contributed by atoms with Crippen LogP contribution in [0.1, 0.15) is 5.56 Å². The van der Waals surface area contributed by atoms with E-state index in [1.54, 1.807) is 29.6 Å². The molecule has 0 radical (unpaired) electrons. The zero-order chi connectivity index (χ0) is 12.3. The zero-order valence-corrected chi connectivity index (χ0v) is 10.6. The molecule has 0 saturated heterocycles. The van der Waals surface area contributed by atoms with Crippen LogP contribution < -0.4 is 10.5 Å². The van der Waals surface area contributed by atoms with E-state index in [9.17, 15) is 8.42 Å². The Kier molecular flexibility index (Phi) is 3.46. The quantitative estimate of drug-likeness (QED) is 0.831. The summed E-state index contributed by atoms with van der Waals surface area (Å²) in [7, 11) is -3.42. The molecular weight excluding hydrogens is 256 g/mol. The third-order valence-electron chi connectivity index (χ3n) is 2.27. The van der Waals surface area contributed by atoms with Crippen LogP contribution in [0.15, 0.2) is 46.0 Å². The lowest BCUT2D eigenvalue weighted by atomic mass is 10.2. The summed E-state index contributed by atoms with van der Waals surface area (Å²) in [5, 5.41) is 1.73. The average Bonchev–Trinajstić information content (AvgIpc) is 2.82. The fraction of sp³-hybridized carbons (Fsp3) is 0.0909. The molecule has 4 nitrogen and oxygen atoms in total. The Morgan fingerprint density at radius 1 is 1.18 bits per heavy atom. The van der Waals surface area contributed by atoms with E-state index in [1.807, 2.05) is 12.1 Å². The molecule has 1 aromatic carbocycles. The second kappa shape index (κ2) is 4.87. The van der Waals surface area contributed by atoms with Crippen molar-refractivity contribution in [3.05, 3.63) is 47.3 Å². The number of nitrogens with one attached hydrogen (secondary N) is 1. The molecule has 6 heteroatoms. The lowest BCUT2D eigenvalue weighted by Gasteiger charge is -2.07. The SMILES string of the molecule is Nc1ccccc1CNS(=O)(=O)c1cccs1. The Balaban J connectivity index is 2.12. The zero-order valence-electron chi connectivity index (χ0n) is 8.96. The summed E-state index contributed by atoms with van der Waals surface area (Å²) in [6.45, 7) is 0.201. The first-order valence-electron chi connectivity index (χ1n) is 4.96. The van der Waals surface area contributed by atoms with Crippen molar-refractivity contribution in [3.63, 3.8) is 0 Å². The largest absolute Gasteiger partial charge is 0.398 e. The monoisotopic (exact) mass is 268 g/mol. The van der Waals surface area contributed by atoms with Gasteiger partial charge in [-0.3, -0.25) is 0 Å². The van der Waals surface area contributed by atoms with Gasteiger partial charge >= 0.3 is 0 Å². The summed E-state index contributed by atoms with van der Waals surface area (Å²) in [6.07, 6.45) is 0. The van der Waals surface area contributed by atoms with Crippen LogP contribution in [0.5, 0.6) is 0 Å². The third kappa shape index (κ3) is 2.85. The molecule has 2 rings (SSSR count). The van der Waals surface area contributed by atoms with Crippen molar-refractivity contribution < 1.29 is 8.42 Å². The minimum atomic E-state index is -3.42. The Bertz CT molecular complexity index is 592. The molecule has 0 spiro atoms. The standard InChI is InChI=1S/C11H12N2O2S2/c12-10-5-2-1-4-9(10)8-13-17(14,15)11-6-3-7-16-11/h1-7,13H,8,12H2. The first-order valence-corrected chi connectivity index (χ1v) is 7.32. The molecule has 0 bridgehead atoms. The van der Waals surface area contributed by atoms with Gasteiger partial charge in [0.05, 0.1) is 0 Å². The molecule has 0 saturated carbocycles. The number of nitrogen functional groups attached to an aromatic ring is 1. The lowest BCUT2D eigenvalue weighted by molar-refractivity contribution is 0.583. The second-order valence-electron chi connectivity index (χ2n) is 3.46. The topological polar surface area (TPSA) is 72.2 Å². The minimum Gasteiger partial charge on any atom is -0.398 e. The number of benzene rings is 1. The van der Waals surface area contributed by atoms with Gasteiger partial charge in [-0.25, -0.2) is 13.1 Å². The maximum absolute atomic E-state index is 11.8. The van der Waals surface area contributed by atoms with Crippen molar-refractivity contribution in [3.8, 4) is 0 Å². The number of nitrogens with two attached hydrogens (primary N) is 1. The molecule has 90 valence electrons. The molecule has 2 aromatic rings. The van der Waals surface area contributed by atoms with Crippen LogP contribution in [0.25, 0.3) is 0 Å². The highest BCUT2D eigenvalue weighted by molar-refractivity contribution is 7.91. The number of thiophene rings is 1. The van der Waals surface area contributed by atoms with Crippen LogP contribution in [-0.4, -0.2) is 8.42 Å². The highest BCUT2D eigenvalue weighted by Gasteiger charge is 2.14. The van der Waals surface area contributed by atoms with Crippen molar-refractivity contribution >= 4 is 27.0 Å². The van der Waals surface area contributed by atoms with Gasteiger partial charge in [-0.1, -0.05) is 24.3 Å². The summed E-state index contributed by atoms with van der Waals surface area (Å²) in [5.41, 5.74) is 7.09. The Morgan fingerprint density at radius 2 is 1.94 bits per heavy atom. The summed E-state index contributed by atoms with van der Waals surface area (Å²) in [6, 6.07) is 10.5. The van der Waals surface area contributed by atoms with Crippen LogP contribution in [0.3, 0.4) is 0 Å². The minimum absolute atomic E-state index is 0.201. The van der Waals surface area contributed by atoms with E-state index in [2.05, 4.69) is 4.72 Å². The molecule has 17 heavy (non-hydrogen) atoms. The molecule has 1 aromatic heterocycles. The number of rotatable bonds is 4. The van der Waals surface area contributed by atoms with E-state index in [-0.39, 0.29) is 6.54 Å². The fourth-order valence-corrected chi connectivity index (χ4v) is 3.40. The van der Waals surface area contributed by atoms with Crippen LogP contribution >= 0.6 is 11.3 Å². The molecule has 3 N–H and O–H groups in total. The van der Waals surface area contributed by atoms with E-state index in [4.69, 9.17) is 5.73 Å². The van der Waals surface area contributed by atoms with Gasteiger partial charge in [-0.15, -0.1) is 11.3 Å². The molecule has 0 aliphatic rings.